The number of benzene rings is 1. The second-order valence-corrected chi connectivity index (χ2v) is 5.32. The van der Waals surface area contributed by atoms with Crippen LogP contribution in [-0.2, 0) is 6.54 Å². The molecule has 0 aliphatic heterocycles. The number of nitrogens with one attached hydrogen (secondary N) is 1. The predicted molar refractivity (Wildman–Crippen MR) is 80.5 cm³/mol. The molecule has 0 aromatic heterocycles. The molecule has 1 saturated carbocycles. The molecule has 3 heteroatoms. The minimum Gasteiger partial charge on any atom is -0.360 e. The monoisotopic (exact) mass is 262 g/mol. The second kappa shape index (κ2) is 6.74. The average Bonchev–Trinajstić information content (AvgIpc) is 2.90. The average molecular weight is 262 g/mol. The normalized spacial score (nSPS) is 15.6. The van der Waals surface area contributed by atoms with Crippen LogP contribution < -0.4 is 5.32 Å². The lowest BCUT2D eigenvalue weighted by atomic mass is 10.2. The van der Waals surface area contributed by atoms with E-state index < -0.39 is 0 Å². The molecule has 0 atom stereocenters. The molecule has 98 valence electrons. The van der Waals surface area contributed by atoms with Gasteiger partial charge in [0.1, 0.15) is 0 Å². The van der Waals surface area contributed by atoms with Crippen LogP contribution in [0.25, 0.3) is 0 Å². The molecule has 2 rings (SSSR count). The molecule has 0 saturated heterocycles. The van der Waals surface area contributed by atoms with Crippen LogP contribution in [0.3, 0.4) is 0 Å². The lowest BCUT2D eigenvalue weighted by Crippen LogP contribution is -2.43. The van der Waals surface area contributed by atoms with E-state index in [0.29, 0.717) is 6.04 Å². The number of hydrogen-bond donors (Lipinski definition) is 1. The van der Waals surface area contributed by atoms with E-state index in [1.807, 2.05) is 0 Å². The van der Waals surface area contributed by atoms with Crippen molar-refractivity contribution in [2.75, 3.05) is 6.54 Å². The Bertz CT molecular complexity index is 371. The Morgan fingerprint density at radius 3 is 2.56 bits per heavy atom. The first kappa shape index (κ1) is 13.3. The Kier molecular flexibility index (Phi) is 5.00. The lowest BCUT2D eigenvalue weighted by Gasteiger charge is -2.26. The zero-order valence-corrected chi connectivity index (χ0v) is 11.9. The topological polar surface area (TPSA) is 15.3 Å². The van der Waals surface area contributed by atoms with Crippen LogP contribution in [0.1, 0.15) is 38.2 Å². The zero-order valence-electron chi connectivity index (χ0n) is 11.1. The first-order chi connectivity index (χ1) is 8.79. The Morgan fingerprint density at radius 2 is 1.94 bits per heavy atom. The van der Waals surface area contributed by atoms with Crippen LogP contribution in [0.2, 0.25) is 0 Å². The van der Waals surface area contributed by atoms with Crippen molar-refractivity contribution in [2.45, 2.75) is 45.2 Å². The summed E-state index contributed by atoms with van der Waals surface area (Å²) >= 11 is 5.53. The van der Waals surface area contributed by atoms with Gasteiger partial charge in [0.05, 0.1) is 0 Å². The van der Waals surface area contributed by atoms with Crippen LogP contribution in [0.15, 0.2) is 30.3 Å². The third kappa shape index (κ3) is 3.70. The summed E-state index contributed by atoms with van der Waals surface area (Å²) in [5.74, 6) is 0. The Balaban J connectivity index is 1.89. The maximum Gasteiger partial charge on any atom is 0.169 e. The van der Waals surface area contributed by atoms with Gasteiger partial charge in [0, 0.05) is 19.1 Å². The fourth-order valence-corrected chi connectivity index (χ4v) is 2.83. The molecule has 1 aliphatic carbocycles. The Labute approximate surface area is 115 Å². The molecule has 1 aromatic carbocycles. The number of nitrogens with zero attached hydrogens (tertiary/aromatic N) is 1. The lowest BCUT2D eigenvalue weighted by molar-refractivity contribution is 0.417. The fourth-order valence-electron chi connectivity index (χ4n) is 2.47. The van der Waals surface area contributed by atoms with Crippen LogP contribution in [0, 0.1) is 0 Å². The van der Waals surface area contributed by atoms with Crippen LogP contribution >= 0.6 is 12.2 Å². The SMILES string of the molecule is CCN(Cc1ccccc1)C(=S)NC1CCCC1. The predicted octanol–water partition coefficient (Wildman–Crippen LogP) is 3.33. The van der Waals surface area contributed by atoms with E-state index >= 15 is 0 Å². The molecule has 0 unspecified atom stereocenters. The molecule has 0 bridgehead atoms. The van der Waals surface area contributed by atoms with E-state index in [0.717, 1.165) is 18.2 Å². The van der Waals surface area contributed by atoms with Crippen molar-refractivity contribution in [2.24, 2.45) is 0 Å². The van der Waals surface area contributed by atoms with Gasteiger partial charge in [0.25, 0.3) is 0 Å². The van der Waals surface area contributed by atoms with Gasteiger partial charge in [-0.2, -0.15) is 0 Å². The number of hydrogen-bond acceptors (Lipinski definition) is 1. The number of rotatable bonds is 4. The van der Waals surface area contributed by atoms with Gasteiger partial charge in [-0.3, -0.25) is 0 Å². The highest BCUT2D eigenvalue weighted by atomic mass is 32.1. The zero-order chi connectivity index (χ0) is 12.8. The van der Waals surface area contributed by atoms with Crippen LogP contribution in [0.5, 0.6) is 0 Å². The molecule has 18 heavy (non-hydrogen) atoms. The van der Waals surface area contributed by atoms with Gasteiger partial charge in [0.2, 0.25) is 0 Å². The summed E-state index contributed by atoms with van der Waals surface area (Å²) in [6.45, 7) is 4.01. The highest BCUT2D eigenvalue weighted by Crippen LogP contribution is 2.18. The molecule has 2 nitrogen and oxygen atoms in total. The molecule has 0 amide bonds. The second-order valence-electron chi connectivity index (χ2n) is 4.93. The highest BCUT2D eigenvalue weighted by molar-refractivity contribution is 7.80. The maximum atomic E-state index is 5.53. The molecule has 0 heterocycles. The fraction of sp³-hybridized carbons (Fsp3) is 0.533. The summed E-state index contributed by atoms with van der Waals surface area (Å²) in [6.07, 6.45) is 5.21. The third-order valence-corrected chi connectivity index (χ3v) is 3.94. The minimum absolute atomic E-state index is 0.599. The summed E-state index contributed by atoms with van der Waals surface area (Å²) in [6, 6.07) is 11.1. The first-order valence-electron chi connectivity index (χ1n) is 6.89. The van der Waals surface area contributed by atoms with E-state index in [4.69, 9.17) is 12.2 Å². The van der Waals surface area contributed by atoms with Gasteiger partial charge >= 0.3 is 0 Å². The largest absolute Gasteiger partial charge is 0.360 e. The molecular formula is C15H22N2S. The first-order valence-corrected chi connectivity index (χ1v) is 7.29. The van der Waals surface area contributed by atoms with Crippen molar-refractivity contribution < 1.29 is 0 Å². The molecule has 0 radical (unpaired) electrons. The molecular weight excluding hydrogens is 240 g/mol. The van der Waals surface area contributed by atoms with Gasteiger partial charge in [-0.25, -0.2) is 0 Å². The van der Waals surface area contributed by atoms with Crippen molar-refractivity contribution in [1.82, 2.24) is 10.2 Å². The van der Waals surface area contributed by atoms with E-state index in [9.17, 15) is 0 Å². The Hall–Kier alpha value is -1.09. The molecule has 0 spiro atoms. The minimum atomic E-state index is 0.599. The van der Waals surface area contributed by atoms with E-state index in [1.165, 1.54) is 31.2 Å². The van der Waals surface area contributed by atoms with Crippen molar-refractivity contribution in [3.63, 3.8) is 0 Å². The van der Waals surface area contributed by atoms with Crippen molar-refractivity contribution >= 4 is 17.3 Å². The van der Waals surface area contributed by atoms with Gasteiger partial charge in [-0.15, -0.1) is 0 Å². The van der Waals surface area contributed by atoms with E-state index in [-0.39, 0.29) is 0 Å². The standard InChI is InChI=1S/C15H22N2S/c1-2-17(12-13-8-4-3-5-9-13)15(18)16-14-10-6-7-11-14/h3-5,8-9,14H,2,6-7,10-12H2,1H3,(H,16,18). The molecule has 1 N–H and O–H groups in total. The number of thiocarbonyl (C=S) groups is 1. The molecule has 1 aromatic rings. The summed E-state index contributed by atoms with van der Waals surface area (Å²) in [5.41, 5.74) is 1.31. The van der Waals surface area contributed by atoms with Gasteiger partial charge in [0.15, 0.2) is 5.11 Å². The van der Waals surface area contributed by atoms with Gasteiger partial charge in [-0.1, -0.05) is 43.2 Å². The van der Waals surface area contributed by atoms with Crippen molar-refractivity contribution in [3.05, 3.63) is 35.9 Å². The van der Waals surface area contributed by atoms with E-state index in [1.54, 1.807) is 0 Å². The van der Waals surface area contributed by atoms with E-state index in [2.05, 4.69) is 47.5 Å². The quantitative estimate of drug-likeness (QED) is 0.838. The summed E-state index contributed by atoms with van der Waals surface area (Å²) in [7, 11) is 0. The van der Waals surface area contributed by atoms with Crippen LogP contribution in [0.4, 0.5) is 0 Å². The van der Waals surface area contributed by atoms with Crippen molar-refractivity contribution in [1.29, 1.82) is 0 Å². The maximum absolute atomic E-state index is 5.53. The summed E-state index contributed by atoms with van der Waals surface area (Å²) in [4.78, 5) is 2.24. The smallest absolute Gasteiger partial charge is 0.169 e. The Morgan fingerprint density at radius 1 is 1.28 bits per heavy atom. The van der Waals surface area contributed by atoms with Crippen molar-refractivity contribution in [3.8, 4) is 0 Å². The van der Waals surface area contributed by atoms with Gasteiger partial charge in [-0.05, 0) is 37.5 Å². The third-order valence-electron chi connectivity index (χ3n) is 3.57. The summed E-state index contributed by atoms with van der Waals surface area (Å²) < 4.78 is 0. The highest BCUT2D eigenvalue weighted by Gasteiger charge is 2.17. The molecule has 1 fully saturated rings. The van der Waals surface area contributed by atoms with Gasteiger partial charge < -0.3 is 10.2 Å². The summed E-state index contributed by atoms with van der Waals surface area (Å²) in [5, 5.41) is 4.42. The van der Waals surface area contributed by atoms with Crippen LogP contribution in [-0.4, -0.2) is 22.6 Å². The molecule has 1 aliphatic rings.